The summed E-state index contributed by atoms with van der Waals surface area (Å²) in [5.74, 6) is -3.54. The van der Waals surface area contributed by atoms with Crippen LogP contribution in [-0.4, -0.2) is 85.1 Å². The minimum atomic E-state index is -3.23. The molecule has 0 aromatic heterocycles. The molecule has 2 aliphatic rings. The van der Waals surface area contributed by atoms with Crippen LogP contribution in [0.4, 0.5) is 5.69 Å². The van der Waals surface area contributed by atoms with E-state index in [0.29, 0.717) is 19.1 Å². The second kappa shape index (κ2) is 12.0. The van der Waals surface area contributed by atoms with Crippen LogP contribution in [0, 0.1) is 0 Å². The van der Waals surface area contributed by atoms with Crippen LogP contribution in [-0.2, 0) is 25.4 Å². The molecule has 0 aliphatic carbocycles. The lowest BCUT2D eigenvalue weighted by Crippen LogP contribution is -2.53. The lowest BCUT2D eigenvalue weighted by molar-refractivity contribution is -0.159. The van der Waals surface area contributed by atoms with Crippen LogP contribution in [0.25, 0.3) is 0 Å². The summed E-state index contributed by atoms with van der Waals surface area (Å²) in [5, 5.41) is 14.8. The van der Waals surface area contributed by atoms with E-state index in [9.17, 15) is 8.42 Å². The molecule has 2 aliphatic heterocycles. The average Bonchev–Trinajstić information content (AvgIpc) is 2.85. The highest BCUT2D eigenvalue weighted by Gasteiger charge is 2.32. The molecule has 9 nitrogen and oxygen atoms in total. The summed E-state index contributed by atoms with van der Waals surface area (Å²) in [6.45, 7) is 5.46. The second-order valence-corrected chi connectivity index (χ2v) is 10.3. The van der Waals surface area contributed by atoms with Gasteiger partial charge in [-0.15, -0.1) is 0 Å². The Labute approximate surface area is 200 Å². The van der Waals surface area contributed by atoms with Crippen LogP contribution in [0.15, 0.2) is 60.7 Å². The summed E-state index contributed by atoms with van der Waals surface area (Å²) in [4.78, 5) is 23.2. The molecule has 184 valence electrons. The van der Waals surface area contributed by atoms with Gasteiger partial charge in [0.15, 0.2) is 0 Å². The van der Waals surface area contributed by atoms with Crippen LogP contribution in [0.5, 0.6) is 0 Å². The third kappa shape index (κ3) is 7.28. The van der Waals surface area contributed by atoms with Crippen molar-refractivity contribution in [2.45, 2.75) is 24.6 Å². The number of carboxylic acids is 2. The van der Waals surface area contributed by atoms with E-state index in [4.69, 9.17) is 19.8 Å². The van der Waals surface area contributed by atoms with Crippen LogP contribution >= 0.6 is 0 Å². The molecule has 0 bridgehead atoms. The van der Waals surface area contributed by atoms with E-state index >= 15 is 0 Å². The van der Waals surface area contributed by atoms with E-state index in [1.807, 2.05) is 30.3 Å². The van der Waals surface area contributed by atoms with Crippen molar-refractivity contribution in [3.8, 4) is 0 Å². The first-order chi connectivity index (χ1) is 16.3. The largest absolute Gasteiger partial charge is 0.473 e. The number of carbonyl (C=O) groups is 2. The number of benzene rings is 2. The Kier molecular flexibility index (Phi) is 9.03. The Bertz CT molecular complexity index is 1020. The molecule has 2 N–H and O–H groups in total. The van der Waals surface area contributed by atoms with Gasteiger partial charge in [-0.1, -0.05) is 48.5 Å². The minimum absolute atomic E-state index is 0.105. The maximum absolute atomic E-state index is 12.7. The number of nitrogens with zero attached hydrogens (tertiary/aromatic N) is 3. The van der Waals surface area contributed by atoms with Crippen LogP contribution < -0.4 is 4.90 Å². The lowest BCUT2D eigenvalue weighted by atomic mass is 10.0. The molecule has 2 aromatic carbocycles. The molecule has 10 heteroatoms. The highest BCUT2D eigenvalue weighted by atomic mass is 32.2. The summed E-state index contributed by atoms with van der Waals surface area (Å²) in [6, 6.07) is 20.6. The molecule has 0 spiro atoms. The Morgan fingerprint density at radius 1 is 0.765 bits per heavy atom. The maximum atomic E-state index is 12.7. The second-order valence-electron chi connectivity index (χ2n) is 8.34. The van der Waals surface area contributed by atoms with Gasteiger partial charge in [0.25, 0.3) is 0 Å². The van der Waals surface area contributed by atoms with Crippen molar-refractivity contribution in [1.29, 1.82) is 0 Å². The van der Waals surface area contributed by atoms with E-state index in [1.54, 1.807) is 4.31 Å². The topological polar surface area (TPSA) is 118 Å². The molecule has 2 fully saturated rings. The van der Waals surface area contributed by atoms with Gasteiger partial charge in [0.05, 0.1) is 5.75 Å². The molecule has 0 atom stereocenters. The van der Waals surface area contributed by atoms with Crippen molar-refractivity contribution in [1.82, 2.24) is 9.21 Å². The fraction of sp³-hybridized carbons (Fsp3) is 0.417. The normalized spacial score (nSPS) is 18.1. The van der Waals surface area contributed by atoms with Crippen LogP contribution in [0.2, 0.25) is 0 Å². The van der Waals surface area contributed by atoms with E-state index in [1.165, 1.54) is 5.69 Å². The number of aliphatic carboxylic acids is 2. The zero-order valence-electron chi connectivity index (χ0n) is 19.0. The van der Waals surface area contributed by atoms with Gasteiger partial charge < -0.3 is 15.1 Å². The number of sulfonamides is 1. The van der Waals surface area contributed by atoms with Crippen molar-refractivity contribution in [3.63, 3.8) is 0 Å². The highest BCUT2D eigenvalue weighted by molar-refractivity contribution is 7.88. The number of hydrogen-bond acceptors (Lipinski definition) is 6. The van der Waals surface area contributed by atoms with E-state index in [0.717, 1.165) is 44.6 Å². The minimum Gasteiger partial charge on any atom is -0.473 e. The quantitative estimate of drug-likeness (QED) is 0.612. The van der Waals surface area contributed by atoms with Gasteiger partial charge in [-0.05, 0) is 30.5 Å². The van der Waals surface area contributed by atoms with Crippen LogP contribution in [0.1, 0.15) is 18.4 Å². The fourth-order valence-corrected chi connectivity index (χ4v) is 5.91. The van der Waals surface area contributed by atoms with E-state index in [2.05, 4.69) is 40.1 Å². The molecule has 0 radical (unpaired) electrons. The zero-order chi connectivity index (χ0) is 24.6. The first-order valence-electron chi connectivity index (χ1n) is 11.3. The summed E-state index contributed by atoms with van der Waals surface area (Å²) >= 11 is 0. The van der Waals surface area contributed by atoms with Crippen molar-refractivity contribution in [2.75, 3.05) is 44.2 Å². The molecular formula is C24H31N3O6S. The highest BCUT2D eigenvalue weighted by Crippen LogP contribution is 2.23. The first-order valence-corrected chi connectivity index (χ1v) is 12.9. The molecule has 0 unspecified atom stereocenters. The number of rotatable bonds is 5. The Morgan fingerprint density at radius 3 is 1.76 bits per heavy atom. The molecule has 2 heterocycles. The van der Waals surface area contributed by atoms with E-state index in [-0.39, 0.29) is 5.75 Å². The number of carboxylic acid groups (broad SMARTS) is 2. The van der Waals surface area contributed by atoms with Crippen molar-refractivity contribution in [3.05, 3.63) is 66.2 Å². The smallest absolute Gasteiger partial charge is 0.414 e. The Morgan fingerprint density at radius 2 is 1.26 bits per heavy atom. The fourth-order valence-electron chi connectivity index (χ4n) is 4.35. The Hall–Kier alpha value is -2.95. The van der Waals surface area contributed by atoms with Gasteiger partial charge in [0, 0.05) is 51.0 Å². The molecule has 34 heavy (non-hydrogen) atoms. The van der Waals surface area contributed by atoms with Gasteiger partial charge >= 0.3 is 11.9 Å². The number of piperidine rings is 1. The number of para-hydroxylation sites is 1. The van der Waals surface area contributed by atoms with E-state index < -0.39 is 22.0 Å². The zero-order valence-corrected chi connectivity index (χ0v) is 19.8. The summed E-state index contributed by atoms with van der Waals surface area (Å²) in [7, 11) is -3.23. The number of piperazine rings is 1. The molecule has 0 saturated carbocycles. The predicted molar refractivity (Wildman–Crippen MR) is 129 cm³/mol. The lowest BCUT2D eigenvalue weighted by Gasteiger charge is -2.43. The van der Waals surface area contributed by atoms with Crippen LogP contribution in [0.3, 0.4) is 0 Å². The Balaban J connectivity index is 0.000000481. The monoisotopic (exact) mass is 489 g/mol. The molecule has 2 aromatic rings. The average molecular weight is 490 g/mol. The number of anilines is 1. The molecule has 0 amide bonds. The predicted octanol–water partition coefficient (Wildman–Crippen LogP) is 1.96. The third-order valence-corrected chi connectivity index (χ3v) is 7.99. The molecule has 4 rings (SSSR count). The molecular weight excluding hydrogens is 458 g/mol. The van der Waals surface area contributed by atoms with Crippen molar-refractivity contribution < 1.29 is 28.2 Å². The van der Waals surface area contributed by atoms with Crippen molar-refractivity contribution >= 4 is 27.6 Å². The summed E-state index contributed by atoms with van der Waals surface area (Å²) < 4.78 is 27.2. The van der Waals surface area contributed by atoms with Gasteiger partial charge in [-0.3, -0.25) is 4.90 Å². The standard InChI is InChI=1S/C22H29N3O2S.C2H2O4/c26-28(27,19-20-7-3-1-4-8-20)25-13-11-22(12-14-25)24-17-15-23(16-18-24)21-9-5-2-6-10-21;3-1(4)2(5)6/h1-10,22H,11-19H2;(H,3,4)(H,5,6). The summed E-state index contributed by atoms with van der Waals surface area (Å²) in [5.41, 5.74) is 2.16. The van der Waals surface area contributed by atoms with Gasteiger partial charge in [-0.2, -0.15) is 0 Å². The molecule has 2 saturated heterocycles. The summed E-state index contributed by atoms with van der Waals surface area (Å²) in [6.07, 6.45) is 1.86. The SMILES string of the molecule is O=C(O)C(=O)O.O=S(=O)(Cc1ccccc1)N1CCC(N2CCN(c3ccccc3)CC2)CC1. The van der Waals surface area contributed by atoms with Gasteiger partial charge in [0.1, 0.15) is 0 Å². The number of hydrogen-bond donors (Lipinski definition) is 2. The third-order valence-electron chi connectivity index (χ3n) is 6.14. The first kappa shape index (κ1) is 25.7. The van der Waals surface area contributed by atoms with Crippen molar-refractivity contribution in [2.24, 2.45) is 0 Å². The maximum Gasteiger partial charge on any atom is 0.414 e. The van der Waals surface area contributed by atoms with Gasteiger partial charge in [-0.25, -0.2) is 22.3 Å². The van der Waals surface area contributed by atoms with Gasteiger partial charge in [0.2, 0.25) is 10.0 Å².